The average Bonchev–Trinajstić information content (AvgIpc) is 2.89. The van der Waals surface area contributed by atoms with Crippen molar-refractivity contribution < 1.29 is 4.79 Å². The van der Waals surface area contributed by atoms with Crippen molar-refractivity contribution >= 4 is 35.8 Å². The van der Waals surface area contributed by atoms with Crippen LogP contribution in [0.25, 0.3) is 0 Å². The van der Waals surface area contributed by atoms with Crippen molar-refractivity contribution in [3.8, 4) is 0 Å². The van der Waals surface area contributed by atoms with Gasteiger partial charge in [-0.1, -0.05) is 41.5 Å². The van der Waals surface area contributed by atoms with Crippen LogP contribution in [0.5, 0.6) is 0 Å². The maximum Gasteiger partial charge on any atom is 0.225 e. The number of carbonyl (C=O) groups is 1. The molecule has 6 heteroatoms. The van der Waals surface area contributed by atoms with Crippen molar-refractivity contribution in [3.05, 3.63) is 0 Å². The van der Waals surface area contributed by atoms with Gasteiger partial charge < -0.3 is 15.5 Å². The van der Waals surface area contributed by atoms with Crippen LogP contribution < -0.4 is 10.6 Å². The van der Waals surface area contributed by atoms with Crippen LogP contribution in [0.4, 0.5) is 0 Å². The van der Waals surface area contributed by atoms with Crippen LogP contribution in [-0.2, 0) is 4.79 Å². The summed E-state index contributed by atoms with van der Waals surface area (Å²) in [7, 11) is 1.80. The van der Waals surface area contributed by atoms with E-state index in [2.05, 4.69) is 43.3 Å². The monoisotopic (exact) mass is 452 g/mol. The highest BCUT2D eigenvalue weighted by atomic mass is 127. The van der Waals surface area contributed by atoms with E-state index in [-0.39, 0.29) is 47.3 Å². The molecule has 0 spiro atoms. The molecular formula is C18H37IN4O. The highest BCUT2D eigenvalue weighted by Gasteiger charge is 2.28. The van der Waals surface area contributed by atoms with E-state index in [0.29, 0.717) is 5.92 Å². The summed E-state index contributed by atoms with van der Waals surface area (Å²) in [5, 5.41) is 6.90. The van der Waals surface area contributed by atoms with Crippen molar-refractivity contribution in [1.82, 2.24) is 15.5 Å². The summed E-state index contributed by atoms with van der Waals surface area (Å²) in [5.74, 6) is 1.84. The van der Waals surface area contributed by atoms with Gasteiger partial charge in [-0.15, -0.1) is 24.0 Å². The molecule has 1 aliphatic rings. The Balaban J connectivity index is 0.00000529. The minimum Gasteiger partial charge on any atom is -0.356 e. The Bertz CT molecular complexity index is 421. The number of hydrogen-bond acceptors (Lipinski definition) is 2. The van der Waals surface area contributed by atoms with Gasteiger partial charge in [0.15, 0.2) is 5.96 Å². The first-order valence-electron chi connectivity index (χ1n) is 8.90. The second-order valence-corrected chi connectivity index (χ2v) is 8.26. The number of aliphatic imine (C=N–C) groups is 1. The number of likely N-dealkylation sites (tertiary alicyclic amines) is 1. The molecule has 1 fully saturated rings. The van der Waals surface area contributed by atoms with Crippen LogP contribution in [-0.4, -0.2) is 49.5 Å². The van der Waals surface area contributed by atoms with E-state index < -0.39 is 0 Å². The van der Waals surface area contributed by atoms with Gasteiger partial charge >= 0.3 is 0 Å². The number of amides is 1. The van der Waals surface area contributed by atoms with Crippen molar-refractivity contribution in [2.45, 2.75) is 60.4 Å². The van der Waals surface area contributed by atoms with Gasteiger partial charge in [-0.2, -0.15) is 0 Å². The number of nitrogens with one attached hydrogen (secondary N) is 2. The molecular weight excluding hydrogens is 415 g/mol. The Labute approximate surface area is 165 Å². The highest BCUT2D eigenvalue weighted by molar-refractivity contribution is 14.0. The lowest BCUT2D eigenvalue weighted by Crippen LogP contribution is -2.47. The SMILES string of the molecule is CN=C(NCC(C)(C)CC(C)C)NC1CCN(C(=O)C(C)C)C1.I. The molecule has 1 rings (SSSR count). The first-order chi connectivity index (χ1) is 10.6. The molecule has 0 radical (unpaired) electrons. The molecule has 2 N–H and O–H groups in total. The summed E-state index contributed by atoms with van der Waals surface area (Å²) in [6.45, 7) is 15.5. The minimum atomic E-state index is 0. The summed E-state index contributed by atoms with van der Waals surface area (Å²) in [4.78, 5) is 18.3. The van der Waals surface area contributed by atoms with Gasteiger partial charge in [0.1, 0.15) is 0 Å². The van der Waals surface area contributed by atoms with Gasteiger partial charge in [0.25, 0.3) is 0 Å². The number of carbonyl (C=O) groups excluding carboxylic acids is 1. The number of hydrogen-bond donors (Lipinski definition) is 2. The van der Waals surface area contributed by atoms with E-state index in [1.807, 2.05) is 18.7 Å². The molecule has 1 atom stereocenters. The maximum atomic E-state index is 12.1. The lowest BCUT2D eigenvalue weighted by Gasteiger charge is -2.28. The molecule has 142 valence electrons. The first-order valence-corrected chi connectivity index (χ1v) is 8.90. The fourth-order valence-electron chi connectivity index (χ4n) is 3.33. The Kier molecular flexibility index (Phi) is 10.2. The van der Waals surface area contributed by atoms with Gasteiger partial charge in [-0.05, 0) is 24.2 Å². The van der Waals surface area contributed by atoms with Crippen LogP contribution in [0, 0.1) is 17.3 Å². The number of halogens is 1. The van der Waals surface area contributed by atoms with Crippen molar-refractivity contribution in [3.63, 3.8) is 0 Å². The van der Waals surface area contributed by atoms with E-state index in [1.54, 1.807) is 7.05 Å². The predicted molar refractivity (Wildman–Crippen MR) is 113 cm³/mol. The summed E-state index contributed by atoms with van der Waals surface area (Å²) in [6, 6.07) is 0.289. The third kappa shape index (κ3) is 8.03. The second-order valence-electron chi connectivity index (χ2n) is 8.26. The fourth-order valence-corrected chi connectivity index (χ4v) is 3.33. The Morgan fingerprint density at radius 1 is 1.29 bits per heavy atom. The molecule has 1 heterocycles. The minimum absolute atomic E-state index is 0. The summed E-state index contributed by atoms with van der Waals surface area (Å²) in [6.07, 6.45) is 2.16. The Morgan fingerprint density at radius 2 is 1.92 bits per heavy atom. The van der Waals surface area contributed by atoms with Crippen LogP contribution in [0.1, 0.15) is 54.4 Å². The molecule has 0 aromatic heterocycles. The number of guanidine groups is 1. The molecule has 0 saturated carbocycles. The Morgan fingerprint density at radius 3 is 2.42 bits per heavy atom. The smallest absolute Gasteiger partial charge is 0.225 e. The highest BCUT2D eigenvalue weighted by Crippen LogP contribution is 2.24. The van der Waals surface area contributed by atoms with Gasteiger partial charge in [-0.25, -0.2) is 0 Å². The molecule has 1 aliphatic heterocycles. The van der Waals surface area contributed by atoms with E-state index in [9.17, 15) is 4.79 Å². The largest absolute Gasteiger partial charge is 0.356 e. The predicted octanol–water partition coefficient (Wildman–Crippen LogP) is 3.10. The zero-order valence-corrected chi connectivity index (χ0v) is 18.8. The summed E-state index contributed by atoms with van der Waals surface area (Å²) >= 11 is 0. The van der Waals surface area contributed by atoms with Crippen LogP contribution >= 0.6 is 24.0 Å². The normalized spacial score (nSPS) is 18.8. The average molecular weight is 452 g/mol. The summed E-state index contributed by atoms with van der Waals surface area (Å²) < 4.78 is 0. The van der Waals surface area contributed by atoms with E-state index >= 15 is 0 Å². The lowest BCUT2D eigenvalue weighted by molar-refractivity contribution is -0.133. The lowest BCUT2D eigenvalue weighted by atomic mass is 9.84. The van der Waals surface area contributed by atoms with Gasteiger partial charge in [0.05, 0.1) is 0 Å². The van der Waals surface area contributed by atoms with Gasteiger partial charge in [-0.3, -0.25) is 9.79 Å². The third-order valence-electron chi connectivity index (χ3n) is 4.25. The summed E-state index contributed by atoms with van der Waals surface area (Å²) in [5.41, 5.74) is 0.237. The molecule has 0 aromatic carbocycles. The zero-order valence-electron chi connectivity index (χ0n) is 16.5. The second kappa shape index (κ2) is 10.5. The molecule has 5 nitrogen and oxygen atoms in total. The Hall–Kier alpha value is -0.530. The van der Waals surface area contributed by atoms with Crippen molar-refractivity contribution in [2.24, 2.45) is 22.2 Å². The molecule has 0 aromatic rings. The topological polar surface area (TPSA) is 56.7 Å². The zero-order chi connectivity index (χ0) is 17.6. The van der Waals surface area contributed by atoms with Gasteiger partial charge in [0.2, 0.25) is 5.91 Å². The van der Waals surface area contributed by atoms with Gasteiger partial charge in [0, 0.05) is 38.6 Å². The van der Waals surface area contributed by atoms with Crippen LogP contribution in [0.2, 0.25) is 0 Å². The van der Waals surface area contributed by atoms with Crippen molar-refractivity contribution in [2.75, 3.05) is 26.7 Å². The molecule has 1 unspecified atom stereocenters. The number of rotatable bonds is 6. The maximum absolute atomic E-state index is 12.1. The van der Waals surface area contributed by atoms with E-state index in [4.69, 9.17) is 0 Å². The van der Waals surface area contributed by atoms with Crippen molar-refractivity contribution in [1.29, 1.82) is 0 Å². The quantitative estimate of drug-likeness (QED) is 0.370. The molecule has 24 heavy (non-hydrogen) atoms. The fraction of sp³-hybridized carbons (Fsp3) is 0.889. The number of nitrogens with zero attached hydrogens (tertiary/aromatic N) is 2. The van der Waals surface area contributed by atoms with Crippen LogP contribution in [0.15, 0.2) is 4.99 Å². The van der Waals surface area contributed by atoms with E-state index in [0.717, 1.165) is 32.0 Å². The van der Waals surface area contributed by atoms with Crippen LogP contribution in [0.3, 0.4) is 0 Å². The molecule has 0 bridgehead atoms. The molecule has 1 saturated heterocycles. The molecule has 1 amide bonds. The molecule has 0 aliphatic carbocycles. The third-order valence-corrected chi connectivity index (χ3v) is 4.25. The van der Waals surface area contributed by atoms with E-state index in [1.165, 1.54) is 6.42 Å². The standard InChI is InChI=1S/C18H36N4O.HI/c1-13(2)10-18(5,6)12-20-17(19-7)21-15-8-9-22(11-15)16(23)14(3)4;/h13-15H,8-12H2,1-7H3,(H2,19,20,21);1H. The first kappa shape index (κ1) is 23.5.